The molecule has 0 N–H and O–H groups in total. The first-order chi connectivity index (χ1) is 11.7. The lowest BCUT2D eigenvalue weighted by molar-refractivity contribution is 0.112. The number of benzene rings is 2. The van der Waals surface area contributed by atoms with Gasteiger partial charge in [0.05, 0.1) is 0 Å². The number of piperidine rings is 1. The Kier molecular flexibility index (Phi) is 4.01. The Hall–Kier alpha value is -1.93. The summed E-state index contributed by atoms with van der Waals surface area (Å²) in [5.74, 6) is 1.81. The highest BCUT2D eigenvalue weighted by atomic mass is 16.1. The van der Waals surface area contributed by atoms with Crippen LogP contribution in [-0.2, 0) is 0 Å². The zero-order chi connectivity index (χ0) is 16.7. The van der Waals surface area contributed by atoms with Crippen LogP contribution in [0.4, 0.5) is 0 Å². The molecule has 0 saturated carbocycles. The van der Waals surface area contributed by atoms with E-state index in [2.05, 4.69) is 49.1 Å². The fourth-order valence-corrected chi connectivity index (χ4v) is 4.79. The molecule has 0 aromatic heterocycles. The zero-order valence-electron chi connectivity index (χ0n) is 14.5. The minimum atomic E-state index is 0.476. The number of aryl methyl sites for hydroxylation is 1. The highest BCUT2D eigenvalue weighted by Crippen LogP contribution is 2.53. The van der Waals surface area contributed by atoms with E-state index in [1.807, 2.05) is 12.1 Å². The second kappa shape index (κ2) is 6.18. The lowest BCUT2D eigenvalue weighted by Gasteiger charge is -2.37. The van der Waals surface area contributed by atoms with Crippen LogP contribution >= 0.6 is 0 Å². The predicted octanol–water partition coefficient (Wildman–Crippen LogP) is 4.38. The lowest BCUT2D eigenvalue weighted by atomic mass is 9.78. The monoisotopic (exact) mass is 319 g/mol. The number of rotatable bonds is 3. The van der Waals surface area contributed by atoms with Crippen molar-refractivity contribution >= 4 is 6.29 Å². The van der Waals surface area contributed by atoms with Crippen molar-refractivity contribution in [3.63, 3.8) is 0 Å². The van der Waals surface area contributed by atoms with E-state index in [1.165, 1.54) is 36.2 Å². The number of hydrogen-bond donors (Lipinski definition) is 0. The Morgan fingerprint density at radius 2 is 1.92 bits per heavy atom. The van der Waals surface area contributed by atoms with Crippen LogP contribution in [0.3, 0.4) is 0 Å². The van der Waals surface area contributed by atoms with Gasteiger partial charge in [0, 0.05) is 23.9 Å². The molecule has 0 amide bonds. The van der Waals surface area contributed by atoms with Crippen LogP contribution in [0, 0.1) is 12.8 Å². The summed E-state index contributed by atoms with van der Waals surface area (Å²) in [5, 5.41) is 0. The third kappa shape index (κ3) is 2.50. The van der Waals surface area contributed by atoms with Crippen LogP contribution in [0.1, 0.15) is 57.8 Å². The van der Waals surface area contributed by atoms with Gasteiger partial charge in [-0.25, -0.2) is 0 Å². The smallest absolute Gasteiger partial charge is 0.150 e. The van der Waals surface area contributed by atoms with Crippen molar-refractivity contribution in [1.82, 2.24) is 4.90 Å². The number of likely N-dealkylation sites (tertiary alicyclic amines) is 1. The van der Waals surface area contributed by atoms with Crippen molar-refractivity contribution in [1.29, 1.82) is 0 Å². The molecule has 1 fully saturated rings. The Balaban J connectivity index is 1.78. The molecule has 0 bridgehead atoms. The van der Waals surface area contributed by atoms with Gasteiger partial charge in [0.2, 0.25) is 0 Å². The summed E-state index contributed by atoms with van der Waals surface area (Å²) in [4.78, 5) is 13.6. The highest BCUT2D eigenvalue weighted by Gasteiger charge is 2.43. The van der Waals surface area contributed by atoms with Gasteiger partial charge in [-0.1, -0.05) is 55.0 Å². The molecule has 1 aliphatic carbocycles. The number of carbonyl (C=O) groups excluding carboxylic acids is 1. The van der Waals surface area contributed by atoms with E-state index in [-0.39, 0.29) is 0 Å². The largest absolute Gasteiger partial charge is 0.303 e. The fourth-order valence-electron chi connectivity index (χ4n) is 4.79. The summed E-state index contributed by atoms with van der Waals surface area (Å²) in [7, 11) is 0. The van der Waals surface area contributed by atoms with Gasteiger partial charge in [0.15, 0.2) is 0 Å². The van der Waals surface area contributed by atoms with Gasteiger partial charge in [-0.3, -0.25) is 4.79 Å². The quantitative estimate of drug-likeness (QED) is 0.783. The number of carbonyl (C=O) groups is 1. The number of fused-ring (bicyclic) bond motifs is 3. The van der Waals surface area contributed by atoms with Crippen molar-refractivity contribution in [2.24, 2.45) is 5.92 Å². The maximum atomic E-state index is 11.0. The topological polar surface area (TPSA) is 20.3 Å². The molecule has 0 radical (unpaired) electrons. The average molecular weight is 319 g/mol. The number of aldehydes is 1. The van der Waals surface area contributed by atoms with E-state index in [0.29, 0.717) is 17.8 Å². The van der Waals surface area contributed by atoms with E-state index in [4.69, 9.17) is 0 Å². The Bertz CT molecular complexity index is 749. The Labute approximate surface area is 144 Å². The van der Waals surface area contributed by atoms with Crippen LogP contribution < -0.4 is 0 Å². The minimum Gasteiger partial charge on any atom is -0.303 e. The second-order valence-electron chi connectivity index (χ2n) is 7.35. The average Bonchev–Trinajstić information content (AvgIpc) is 2.94. The van der Waals surface area contributed by atoms with Crippen LogP contribution in [0.5, 0.6) is 0 Å². The molecule has 124 valence electrons. The summed E-state index contributed by atoms with van der Waals surface area (Å²) < 4.78 is 0. The molecule has 2 aromatic carbocycles. The first kappa shape index (κ1) is 15.6. The van der Waals surface area contributed by atoms with Gasteiger partial charge in [0.1, 0.15) is 6.29 Å². The first-order valence-corrected chi connectivity index (χ1v) is 9.09. The Morgan fingerprint density at radius 3 is 2.62 bits per heavy atom. The fraction of sp³-hybridized carbons (Fsp3) is 0.409. The summed E-state index contributed by atoms with van der Waals surface area (Å²) in [5.41, 5.74) is 6.53. The predicted molar refractivity (Wildman–Crippen MR) is 97.8 cm³/mol. The van der Waals surface area contributed by atoms with Crippen molar-refractivity contribution in [3.8, 4) is 0 Å². The maximum Gasteiger partial charge on any atom is 0.150 e. The molecule has 3 unspecified atom stereocenters. The molecule has 2 aliphatic rings. The number of likely N-dealkylation sites (N-methyl/N-ethyl adjacent to an activating group) is 1. The molecule has 2 aromatic rings. The molecule has 3 atom stereocenters. The van der Waals surface area contributed by atoms with E-state index in [0.717, 1.165) is 18.4 Å². The third-order valence-corrected chi connectivity index (χ3v) is 6.03. The van der Waals surface area contributed by atoms with E-state index in [1.54, 1.807) is 5.56 Å². The molecule has 0 spiro atoms. The van der Waals surface area contributed by atoms with Crippen molar-refractivity contribution in [2.75, 3.05) is 19.6 Å². The second-order valence-corrected chi connectivity index (χ2v) is 7.35. The van der Waals surface area contributed by atoms with Gasteiger partial charge in [-0.05, 0) is 49.0 Å². The lowest BCUT2D eigenvalue weighted by Crippen LogP contribution is -2.38. The van der Waals surface area contributed by atoms with Gasteiger partial charge in [-0.15, -0.1) is 0 Å². The van der Waals surface area contributed by atoms with Crippen LogP contribution in [0.25, 0.3) is 0 Å². The molecule has 2 heteroatoms. The summed E-state index contributed by atoms with van der Waals surface area (Å²) in [6, 6.07) is 15.3. The molecule has 2 nitrogen and oxygen atoms in total. The molecule has 1 aliphatic heterocycles. The van der Waals surface area contributed by atoms with E-state index < -0.39 is 0 Å². The summed E-state index contributed by atoms with van der Waals surface area (Å²) in [6.07, 6.45) is 2.19. The highest BCUT2D eigenvalue weighted by molar-refractivity contribution is 5.74. The van der Waals surface area contributed by atoms with Crippen molar-refractivity contribution < 1.29 is 4.79 Å². The molecule has 4 rings (SSSR count). The van der Waals surface area contributed by atoms with Crippen molar-refractivity contribution in [2.45, 2.75) is 32.1 Å². The van der Waals surface area contributed by atoms with Gasteiger partial charge in [-0.2, -0.15) is 0 Å². The molecule has 1 saturated heterocycles. The molecular weight excluding hydrogens is 294 g/mol. The SMILES string of the molecule is CCN1CCC2C(C1)c1ccc(C)cc1C2c1ccc(C=O)cc1. The zero-order valence-corrected chi connectivity index (χ0v) is 14.5. The minimum absolute atomic E-state index is 0.476. The molecule has 1 heterocycles. The summed E-state index contributed by atoms with van der Waals surface area (Å²) in [6.45, 7) is 7.98. The van der Waals surface area contributed by atoms with Crippen LogP contribution in [0.2, 0.25) is 0 Å². The van der Waals surface area contributed by atoms with Crippen molar-refractivity contribution in [3.05, 3.63) is 70.3 Å². The summed E-state index contributed by atoms with van der Waals surface area (Å²) >= 11 is 0. The normalized spacial score (nSPS) is 26.0. The number of nitrogens with zero attached hydrogens (tertiary/aromatic N) is 1. The molecule has 24 heavy (non-hydrogen) atoms. The van der Waals surface area contributed by atoms with Gasteiger partial charge >= 0.3 is 0 Å². The van der Waals surface area contributed by atoms with Gasteiger partial charge in [0.25, 0.3) is 0 Å². The Morgan fingerprint density at radius 1 is 1.12 bits per heavy atom. The van der Waals surface area contributed by atoms with Crippen LogP contribution in [-0.4, -0.2) is 30.8 Å². The number of hydrogen-bond acceptors (Lipinski definition) is 2. The van der Waals surface area contributed by atoms with E-state index >= 15 is 0 Å². The first-order valence-electron chi connectivity index (χ1n) is 9.09. The maximum absolute atomic E-state index is 11.0. The van der Waals surface area contributed by atoms with Crippen LogP contribution in [0.15, 0.2) is 42.5 Å². The molecular formula is C22H25NO. The van der Waals surface area contributed by atoms with E-state index in [9.17, 15) is 4.79 Å². The standard InChI is InChI=1S/C22H25NO/c1-3-23-11-10-19-21(13-23)18-9-4-15(2)12-20(18)22(19)17-7-5-16(14-24)6-8-17/h4-9,12,14,19,21-22H,3,10-11,13H2,1-2H3. The third-order valence-electron chi connectivity index (χ3n) is 6.03. The van der Waals surface area contributed by atoms with Gasteiger partial charge < -0.3 is 4.90 Å².